The van der Waals surface area contributed by atoms with E-state index >= 15 is 0 Å². The lowest BCUT2D eigenvalue weighted by Gasteiger charge is -2.22. The summed E-state index contributed by atoms with van der Waals surface area (Å²) in [6.45, 7) is 0. The number of aromatic carboxylic acids is 1. The number of fused-ring (bicyclic) bond motifs is 1. The van der Waals surface area contributed by atoms with E-state index in [4.69, 9.17) is 11.6 Å². The summed E-state index contributed by atoms with van der Waals surface area (Å²) < 4.78 is 0. The second-order valence-electron chi connectivity index (χ2n) is 5.37. The van der Waals surface area contributed by atoms with Gasteiger partial charge in [-0.1, -0.05) is 36.9 Å². The molecular weight excluding hydrogens is 274 g/mol. The molecule has 0 aliphatic heterocycles. The summed E-state index contributed by atoms with van der Waals surface area (Å²) in [5.41, 5.74) is 1.91. The number of hydrogen-bond acceptors (Lipinski definition) is 2. The Morgan fingerprint density at radius 1 is 1.25 bits per heavy atom. The van der Waals surface area contributed by atoms with Gasteiger partial charge in [0.25, 0.3) is 0 Å². The van der Waals surface area contributed by atoms with Crippen molar-refractivity contribution in [1.29, 1.82) is 0 Å². The summed E-state index contributed by atoms with van der Waals surface area (Å²) in [6.07, 6.45) is 5.96. The van der Waals surface area contributed by atoms with Crippen molar-refractivity contribution in [3.8, 4) is 0 Å². The Morgan fingerprint density at radius 2 is 2.00 bits per heavy atom. The van der Waals surface area contributed by atoms with E-state index in [1.54, 1.807) is 18.2 Å². The quantitative estimate of drug-likeness (QED) is 0.876. The maximum Gasteiger partial charge on any atom is 0.336 e. The van der Waals surface area contributed by atoms with Crippen LogP contribution in [0.15, 0.2) is 24.3 Å². The van der Waals surface area contributed by atoms with Gasteiger partial charge in [0.1, 0.15) is 0 Å². The fourth-order valence-electron chi connectivity index (χ4n) is 3.03. The second kappa shape index (κ2) is 5.41. The molecule has 2 aromatic rings. The molecule has 1 fully saturated rings. The zero-order valence-corrected chi connectivity index (χ0v) is 11.9. The second-order valence-corrected chi connectivity index (χ2v) is 5.77. The van der Waals surface area contributed by atoms with Crippen molar-refractivity contribution in [2.45, 2.75) is 38.0 Å². The van der Waals surface area contributed by atoms with E-state index in [2.05, 4.69) is 4.98 Å². The normalized spacial score (nSPS) is 16.4. The number of halogens is 1. The minimum atomic E-state index is -0.945. The highest BCUT2D eigenvalue weighted by Gasteiger charge is 2.21. The minimum Gasteiger partial charge on any atom is -0.478 e. The van der Waals surface area contributed by atoms with Crippen LogP contribution in [0.5, 0.6) is 0 Å². The van der Waals surface area contributed by atoms with Gasteiger partial charge in [0, 0.05) is 11.3 Å². The first-order valence-electron chi connectivity index (χ1n) is 6.99. The standard InChI is InChI=1S/C16H16ClNO2/c17-13-9-12-11(16(19)20)7-4-8-14(12)18-15(13)10-5-2-1-3-6-10/h4,7-10H,1-3,5-6H2,(H,19,20). The van der Waals surface area contributed by atoms with Gasteiger partial charge in [0.05, 0.1) is 21.8 Å². The van der Waals surface area contributed by atoms with Gasteiger partial charge in [-0.15, -0.1) is 0 Å². The van der Waals surface area contributed by atoms with Gasteiger partial charge in [0.2, 0.25) is 0 Å². The van der Waals surface area contributed by atoms with Crippen LogP contribution in [0.25, 0.3) is 10.9 Å². The van der Waals surface area contributed by atoms with Crippen LogP contribution in [-0.2, 0) is 0 Å². The molecule has 0 spiro atoms. The molecule has 1 aliphatic rings. The molecule has 3 nitrogen and oxygen atoms in total. The third kappa shape index (κ3) is 2.38. The molecule has 1 saturated carbocycles. The highest BCUT2D eigenvalue weighted by molar-refractivity contribution is 6.32. The lowest BCUT2D eigenvalue weighted by molar-refractivity contribution is 0.0699. The summed E-state index contributed by atoms with van der Waals surface area (Å²) in [6, 6.07) is 6.93. The van der Waals surface area contributed by atoms with Crippen molar-refractivity contribution < 1.29 is 9.90 Å². The van der Waals surface area contributed by atoms with E-state index in [9.17, 15) is 9.90 Å². The maximum atomic E-state index is 11.2. The van der Waals surface area contributed by atoms with Crippen molar-refractivity contribution in [2.75, 3.05) is 0 Å². The predicted molar refractivity (Wildman–Crippen MR) is 79.5 cm³/mol. The molecule has 0 unspecified atom stereocenters. The number of pyridine rings is 1. The zero-order valence-electron chi connectivity index (χ0n) is 11.1. The highest BCUT2D eigenvalue weighted by Crippen LogP contribution is 2.36. The summed E-state index contributed by atoms with van der Waals surface area (Å²) in [5, 5.41) is 10.4. The molecule has 1 heterocycles. The van der Waals surface area contributed by atoms with Crippen LogP contribution in [0.4, 0.5) is 0 Å². The first kappa shape index (κ1) is 13.4. The van der Waals surface area contributed by atoms with Gasteiger partial charge in [-0.3, -0.25) is 4.98 Å². The van der Waals surface area contributed by atoms with Crippen LogP contribution in [0.3, 0.4) is 0 Å². The molecule has 4 heteroatoms. The van der Waals surface area contributed by atoms with Crippen molar-refractivity contribution in [3.05, 3.63) is 40.5 Å². The van der Waals surface area contributed by atoms with E-state index in [1.807, 2.05) is 6.07 Å². The van der Waals surface area contributed by atoms with Gasteiger partial charge in [-0.2, -0.15) is 0 Å². The van der Waals surface area contributed by atoms with Crippen LogP contribution >= 0.6 is 11.6 Å². The SMILES string of the molecule is O=C(O)c1cccc2nc(C3CCCCC3)c(Cl)cc12. The maximum absolute atomic E-state index is 11.2. The zero-order chi connectivity index (χ0) is 14.1. The van der Waals surface area contributed by atoms with E-state index < -0.39 is 5.97 Å². The Balaban J connectivity index is 2.12. The van der Waals surface area contributed by atoms with E-state index in [-0.39, 0.29) is 5.56 Å². The number of hydrogen-bond donors (Lipinski definition) is 1. The third-order valence-electron chi connectivity index (χ3n) is 4.06. The van der Waals surface area contributed by atoms with Gasteiger partial charge >= 0.3 is 5.97 Å². The molecule has 104 valence electrons. The van der Waals surface area contributed by atoms with E-state index in [0.29, 0.717) is 16.3 Å². The Kier molecular flexibility index (Phi) is 3.62. The van der Waals surface area contributed by atoms with Gasteiger partial charge in [0.15, 0.2) is 0 Å². The third-order valence-corrected chi connectivity index (χ3v) is 4.36. The van der Waals surface area contributed by atoms with Gasteiger partial charge < -0.3 is 5.11 Å². The van der Waals surface area contributed by atoms with Crippen LogP contribution in [-0.4, -0.2) is 16.1 Å². The number of aromatic nitrogens is 1. The van der Waals surface area contributed by atoms with Crippen LogP contribution in [0.1, 0.15) is 54.1 Å². The monoisotopic (exact) mass is 289 g/mol. The molecular formula is C16H16ClNO2. The molecule has 0 amide bonds. The summed E-state index contributed by atoms with van der Waals surface area (Å²) in [4.78, 5) is 15.9. The molecule has 0 atom stereocenters. The summed E-state index contributed by atoms with van der Waals surface area (Å²) in [7, 11) is 0. The first-order valence-corrected chi connectivity index (χ1v) is 7.37. The number of carboxylic acid groups (broad SMARTS) is 1. The summed E-state index contributed by atoms with van der Waals surface area (Å²) >= 11 is 6.36. The molecule has 0 bridgehead atoms. The van der Waals surface area contributed by atoms with Gasteiger partial charge in [-0.05, 0) is 31.0 Å². The van der Waals surface area contributed by atoms with Crippen molar-refractivity contribution in [3.63, 3.8) is 0 Å². The molecule has 1 aliphatic carbocycles. The van der Waals surface area contributed by atoms with E-state index in [0.717, 1.165) is 24.1 Å². The number of nitrogens with zero attached hydrogens (tertiary/aromatic N) is 1. The largest absolute Gasteiger partial charge is 0.478 e. The van der Waals surface area contributed by atoms with Crippen molar-refractivity contribution in [1.82, 2.24) is 4.98 Å². The Labute approximate surface area is 122 Å². The smallest absolute Gasteiger partial charge is 0.336 e. The molecule has 3 rings (SSSR count). The Morgan fingerprint density at radius 3 is 2.70 bits per heavy atom. The lowest BCUT2D eigenvalue weighted by atomic mass is 9.86. The van der Waals surface area contributed by atoms with E-state index in [1.165, 1.54) is 19.3 Å². The minimum absolute atomic E-state index is 0.257. The average molecular weight is 290 g/mol. The highest BCUT2D eigenvalue weighted by atomic mass is 35.5. The molecule has 1 N–H and O–H groups in total. The molecule has 1 aromatic carbocycles. The van der Waals surface area contributed by atoms with Crippen molar-refractivity contribution >= 4 is 28.5 Å². The number of carbonyl (C=O) groups is 1. The number of rotatable bonds is 2. The Hall–Kier alpha value is -1.61. The van der Waals surface area contributed by atoms with Gasteiger partial charge in [-0.25, -0.2) is 4.79 Å². The fraction of sp³-hybridized carbons (Fsp3) is 0.375. The van der Waals surface area contributed by atoms with Crippen molar-refractivity contribution in [2.24, 2.45) is 0 Å². The molecule has 0 radical (unpaired) electrons. The molecule has 0 saturated heterocycles. The fourth-order valence-corrected chi connectivity index (χ4v) is 3.34. The Bertz CT molecular complexity index is 663. The van der Waals surface area contributed by atoms with Crippen LogP contribution in [0, 0.1) is 0 Å². The topological polar surface area (TPSA) is 50.2 Å². The number of carboxylic acids is 1. The average Bonchev–Trinajstić information content (AvgIpc) is 2.46. The first-order chi connectivity index (χ1) is 9.66. The summed E-state index contributed by atoms with van der Waals surface area (Å²) in [5.74, 6) is -0.534. The molecule has 1 aromatic heterocycles. The van der Waals surface area contributed by atoms with Crippen LogP contribution in [0.2, 0.25) is 5.02 Å². The predicted octanol–water partition coefficient (Wildman–Crippen LogP) is 4.63. The molecule has 20 heavy (non-hydrogen) atoms. The lowest BCUT2D eigenvalue weighted by Crippen LogP contribution is -2.08. The van der Waals surface area contributed by atoms with Crippen LogP contribution < -0.4 is 0 Å². The number of benzene rings is 1.